The average molecular weight is 433 g/mol. The summed E-state index contributed by atoms with van der Waals surface area (Å²) in [6.07, 6.45) is 8.31. The van der Waals surface area contributed by atoms with Crippen LogP contribution in [0.5, 0.6) is 23.1 Å². The van der Waals surface area contributed by atoms with E-state index in [0.717, 1.165) is 40.5 Å². The van der Waals surface area contributed by atoms with Crippen LogP contribution in [0, 0.1) is 0 Å². The Hall–Kier alpha value is -3.32. The van der Waals surface area contributed by atoms with Crippen molar-refractivity contribution in [2.45, 2.75) is 25.7 Å². The van der Waals surface area contributed by atoms with Crippen molar-refractivity contribution in [2.24, 2.45) is 0 Å². The van der Waals surface area contributed by atoms with E-state index in [1.54, 1.807) is 7.11 Å². The molecule has 1 fully saturated rings. The fourth-order valence-electron chi connectivity index (χ4n) is 4.28. The molecule has 1 aliphatic rings. The number of methoxy groups -OCH3 is 1. The van der Waals surface area contributed by atoms with Crippen LogP contribution in [0.3, 0.4) is 0 Å². The number of ether oxygens (including phenoxy) is 3. The highest BCUT2D eigenvalue weighted by molar-refractivity contribution is 5.89. The zero-order valence-electron chi connectivity index (χ0n) is 18.3. The maximum Gasteiger partial charge on any atom is 0.230 e. The second-order valence-corrected chi connectivity index (χ2v) is 8.10. The zero-order valence-corrected chi connectivity index (χ0v) is 18.3. The van der Waals surface area contributed by atoms with E-state index in [1.165, 1.54) is 38.7 Å². The average Bonchev–Trinajstić information content (AvgIpc) is 3.25. The van der Waals surface area contributed by atoms with Crippen LogP contribution >= 0.6 is 0 Å². The van der Waals surface area contributed by atoms with E-state index in [-0.39, 0.29) is 0 Å². The molecular formula is C25H28N4O3. The number of nitrogens with one attached hydrogen (secondary N) is 1. The topological polar surface area (TPSA) is 72.5 Å². The Balaban J connectivity index is 1.34. The molecule has 0 spiro atoms. The van der Waals surface area contributed by atoms with Crippen molar-refractivity contribution in [3.63, 3.8) is 0 Å². The third-order valence-electron chi connectivity index (χ3n) is 5.97. The maximum absolute atomic E-state index is 6.17. The van der Waals surface area contributed by atoms with Crippen LogP contribution in [0.1, 0.15) is 25.7 Å². The van der Waals surface area contributed by atoms with Gasteiger partial charge in [-0.1, -0.05) is 18.6 Å². The van der Waals surface area contributed by atoms with Crippen molar-refractivity contribution in [1.29, 1.82) is 0 Å². The third-order valence-corrected chi connectivity index (χ3v) is 5.97. The summed E-state index contributed by atoms with van der Waals surface area (Å²) in [6, 6.07) is 11.8. The van der Waals surface area contributed by atoms with Gasteiger partial charge in [-0.15, -0.1) is 0 Å². The quantitative estimate of drug-likeness (QED) is 0.388. The molecule has 4 aromatic rings. The SMILES string of the molecule is COc1cc2c(Oc3c[nH]c4ccccc34)ncnc2cc1OCCCN1CCCCC1. The van der Waals surface area contributed by atoms with Crippen LogP contribution < -0.4 is 14.2 Å². The van der Waals surface area contributed by atoms with Crippen LogP contribution in [0.25, 0.3) is 21.8 Å². The Bertz CT molecular complexity index is 1200. The summed E-state index contributed by atoms with van der Waals surface area (Å²) in [5.74, 6) is 2.54. The molecule has 166 valence electrons. The fraction of sp³-hybridized carbons (Fsp3) is 0.360. The van der Waals surface area contributed by atoms with E-state index >= 15 is 0 Å². The Morgan fingerprint density at radius 1 is 0.969 bits per heavy atom. The number of H-pyrrole nitrogens is 1. The van der Waals surface area contributed by atoms with Crippen LogP contribution in [-0.4, -0.2) is 53.2 Å². The molecule has 1 aliphatic heterocycles. The number of likely N-dealkylation sites (tertiary alicyclic amines) is 1. The molecule has 7 nitrogen and oxygen atoms in total. The zero-order chi connectivity index (χ0) is 21.8. The molecule has 0 radical (unpaired) electrons. The largest absolute Gasteiger partial charge is 0.493 e. The van der Waals surface area contributed by atoms with E-state index in [9.17, 15) is 0 Å². The van der Waals surface area contributed by atoms with Crippen molar-refractivity contribution in [1.82, 2.24) is 19.9 Å². The Morgan fingerprint density at radius 2 is 1.84 bits per heavy atom. The highest BCUT2D eigenvalue weighted by Gasteiger charge is 2.15. The molecular weight excluding hydrogens is 404 g/mol. The van der Waals surface area contributed by atoms with Gasteiger partial charge in [-0.3, -0.25) is 0 Å². The molecule has 2 aromatic heterocycles. The Labute approximate surface area is 187 Å². The predicted molar refractivity (Wildman–Crippen MR) is 125 cm³/mol. The molecule has 1 saturated heterocycles. The van der Waals surface area contributed by atoms with Gasteiger partial charge in [-0.2, -0.15) is 0 Å². The highest BCUT2D eigenvalue weighted by atomic mass is 16.5. The van der Waals surface area contributed by atoms with Gasteiger partial charge in [0.05, 0.1) is 24.6 Å². The molecule has 5 rings (SSSR count). The first-order valence-corrected chi connectivity index (χ1v) is 11.2. The summed E-state index contributed by atoms with van der Waals surface area (Å²) in [4.78, 5) is 14.5. The molecule has 1 N–H and O–H groups in total. The summed E-state index contributed by atoms with van der Waals surface area (Å²) < 4.78 is 17.8. The number of aromatic nitrogens is 3. The molecule has 3 heterocycles. The lowest BCUT2D eigenvalue weighted by molar-refractivity contribution is 0.203. The van der Waals surface area contributed by atoms with Gasteiger partial charge in [0.1, 0.15) is 6.33 Å². The molecule has 0 bridgehead atoms. The molecule has 0 atom stereocenters. The number of rotatable bonds is 8. The summed E-state index contributed by atoms with van der Waals surface area (Å²) in [5.41, 5.74) is 1.76. The van der Waals surface area contributed by atoms with E-state index in [4.69, 9.17) is 14.2 Å². The lowest BCUT2D eigenvalue weighted by Gasteiger charge is -2.26. The number of hydrogen-bond acceptors (Lipinski definition) is 6. The van der Waals surface area contributed by atoms with Gasteiger partial charge < -0.3 is 24.1 Å². The van der Waals surface area contributed by atoms with E-state index in [1.807, 2.05) is 42.6 Å². The summed E-state index contributed by atoms with van der Waals surface area (Å²) in [6.45, 7) is 4.12. The van der Waals surface area contributed by atoms with Crippen LogP contribution in [0.2, 0.25) is 0 Å². The van der Waals surface area contributed by atoms with Gasteiger partial charge in [0.25, 0.3) is 0 Å². The first-order valence-electron chi connectivity index (χ1n) is 11.2. The molecule has 2 aromatic carbocycles. The fourth-order valence-corrected chi connectivity index (χ4v) is 4.28. The smallest absolute Gasteiger partial charge is 0.230 e. The number of aromatic amines is 1. The monoisotopic (exact) mass is 432 g/mol. The Morgan fingerprint density at radius 3 is 2.72 bits per heavy atom. The number of fused-ring (bicyclic) bond motifs is 2. The summed E-state index contributed by atoms with van der Waals surface area (Å²) in [5, 5.41) is 1.77. The van der Waals surface area contributed by atoms with Crippen molar-refractivity contribution >= 4 is 21.8 Å². The van der Waals surface area contributed by atoms with Crippen LogP contribution in [-0.2, 0) is 0 Å². The first kappa shape index (κ1) is 20.6. The van der Waals surface area contributed by atoms with Gasteiger partial charge in [-0.25, -0.2) is 9.97 Å². The van der Waals surface area contributed by atoms with E-state index in [2.05, 4.69) is 19.9 Å². The number of hydrogen-bond donors (Lipinski definition) is 1. The van der Waals surface area contributed by atoms with E-state index < -0.39 is 0 Å². The highest BCUT2D eigenvalue weighted by Crippen LogP contribution is 2.37. The number of nitrogens with zero attached hydrogens (tertiary/aromatic N) is 3. The molecule has 0 aliphatic carbocycles. The van der Waals surface area contributed by atoms with Gasteiger partial charge in [0, 0.05) is 29.7 Å². The summed E-state index contributed by atoms with van der Waals surface area (Å²) >= 11 is 0. The van der Waals surface area contributed by atoms with Crippen molar-refractivity contribution < 1.29 is 14.2 Å². The van der Waals surface area contributed by atoms with E-state index in [0.29, 0.717) is 24.0 Å². The molecule has 0 saturated carbocycles. The Kier molecular flexibility index (Phi) is 6.07. The molecule has 32 heavy (non-hydrogen) atoms. The lowest BCUT2D eigenvalue weighted by atomic mass is 10.1. The van der Waals surface area contributed by atoms with Gasteiger partial charge in [0.2, 0.25) is 5.88 Å². The standard InChI is InChI=1S/C25H28N4O3/c1-30-22-14-19-21(15-23(22)31-13-7-12-29-10-5-2-6-11-29)27-17-28-25(19)32-24-16-26-20-9-4-3-8-18(20)24/h3-4,8-9,14-17,26H,2,5-7,10-13H2,1H3. The van der Waals surface area contributed by atoms with Crippen LogP contribution in [0.15, 0.2) is 48.9 Å². The minimum atomic E-state index is 0.481. The number of benzene rings is 2. The maximum atomic E-state index is 6.17. The number of para-hydroxylation sites is 1. The molecule has 0 unspecified atom stereocenters. The van der Waals surface area contributed by atoms with Gasteiger partial charge >= 0.3 is 0 Å². The molecule has 7 heteroatoms. The van der Waals surface area contributed by atoms with Crippen molar-refractivity contribution in [3.05, 3.63) is 48.9 Å². The van der Waals surface area contributed by atoms with Crippen molar-refractivity contribution in [3.8, 4) is 23.1 Å². The lowest BCUT2D eigenvalue weighted by Crippen LogP contribution is -2.31. The predicted octanol–water partition coefficient (Wildman–Crippen LogP) is 5.17. The second-order valence-electron chi connectivity index (χ2n) is 8.10. The second kappa shape index (κ2) is 9.44. The van der Waals surface area contributed by atoms with Crippen molar-refractivity contribution in [2.75, 3.05) is 33.4 Å². The number of piperidine rings is 1. The third kappa shape index (κ3) is 4.34. The summed E-state index contributed by atoms with van der Waals surface area (Å²) in [7, 11) is 1.64. The van der Waals surface area contributed by atoms with Crippen LogP contribution in [0.4, 0.5) is 0 Å². The van der Waals surface area contributed by atoms with Gasteiger partial charge in [-0.05, 0) is 50.6 Å². The minimum Gasteiger partial charge on any atom is -0.493 e. The normalized spacial score (nSPS) is 14.7. The van der Waals surface area contributed by atoms with Gasteiger partial charge in [0.15, 0.2) is 17.2 Å². The first-order chi connectivity index (χ1) is 15.8. The minimum absolute atomic E-state index is 0.481. The molecule has 0 amide bonds.